The van der Waals surface area contributed by atoms with E-state index in [1.807, 2.05) is 45.0 Å². The number of hydrogen-bond acceptors (Lipinski definition) is 6. The molecule has 0 saturated carbocycles. The molecule has 1 saturated heterocycles. The molecule has 4 rings (SSSR count). The van der Waals surface area contributed by atoms with Crippen LogP contribution in [0.4, 0.5) is 11.4 Å². The molecule has 0 bridgehead atoms. The fourth-order valence-corrected chi connectivity index (χ4v) is 4.34. The summed E-state index contributed by atoms with van der Waals surface area (Å²) in [4.78, 5) is 30.3. The van der Waals surface area contributed by atoms with E-state index in [1.165, 1.54) is 23.9 Å². The lowest BCUT2D eigenvalue weighted by Gasteiger charge is -2.11. The molecule has 0 spiro atoms. The van der Waals surface area contributed by atoms with Crippen molar-refractivity contribution in [2.24, 2.45) is 4.99 Å². The number of amidine groups is 1. The summed E-state index contributed by atoms with van der Waals surface area (Å²) in [5.41, 5.74) is 3.43. The number of likely N-dealkylation sites (N-methyl/N-ethyl adjacent to an activating group) is 1. The highest BCUT2D eigenvalue weighted by atomic mass is 32.2. The van der Waals surface area contributed by atoms with Gasteiger partial charge in [-0.05, 0) is 62.4 Å². The molecule has 1 amide bonds. The summed E-state index contributed by atoms with van der Waals surface area (Å²) >= 11 is 1.30. The van der Waals surface area contributed by atoms with E-state index in [-0.39, 0.29) is 11.6 Å². The fraction of sp³-hybridized carbons (Fsp3) is 0.167. The van der Waals surface area contributed by atoms with Gasteiger partial charge in [-0.1, -0.05) is 23.8 Å². The van der Waals surface area contributed by atoms with Crippen molar-refractivity contribution in [3.8, 4) is 11.3 Å². The number of nitro benzene ring substituents is 1. The van der Waals surface area contributed by atoms with Gasteiger partial charge in [-0.15, -0.1) is 0 Å². The standard InChI is InChI=1S/C24H21N3O4S/c1-4-26-23(28)22(32-24(26)25-17-8-5-15(2)6-9-17)14-19-11-12-21(31-19)20-13-18(27(29)30)10-7-16(20)3/h5-14H,4H2,1-3H3/b22-14+,25-24?. The molecule has 162 valence electrons. The molecule has 1 aliphatic rings. The van der Waals surface area contributed by atoms with E-state index in [1.54, 1.807) is 29.2 Å². The summed E-state index contributed by atoms with van der Waals surface area (Å²) < 4.78 is 5.91. The highest BCUT2D eigenvalue weighted by Crippen LogP contribution is 2.35. The average molecular weight is 448 g/mol. The van der Waals surface area contributed by atoms with Gasteiger partial charge >= 0.3 is 0 Å². The monoisotopic (exact) mass is 447 g/mol. The first-order valence-corrected chi connectivity index (χ1v) is 10.9. The first-order chi connectivity index (χ1) is 15.4. The predicted molar refractivity (Wildman–Crippen MR) is 127 cm³/mol. The first kappa shape index (κ1) is 21.6. The summed E-state index contributed by atoms with van der Waals surface area (Å²) in [6.07, 6.45) is 1.68. The molecular weight excluding hydrogens is 426 g/mol. The zero-order valence-corrected chi connectivity index (χ0v) is 18.7. The number of aryl methyl sites for hydroxylation is 2. The van der Waals surface area contributed by atoms with Crippen LogP contribution in [0.15, 0.2) is 68.9 Å². The fourth-order valence-electron chi connectivity index (χ4n) is 3.29. The van der Waals surface area contributed by atoms with Gasteiger partial charge in [0.15, 0.2) is 5.17 Å². The van der Waals surface area contributed by atoms with Gasteiger partial charge in [0.2, 0.25) is 0 Å². The second kappa shape index (κ2) is 8.84. The number of amides is 1. The van der Waals surface area contributed by atoms with Gasteiger partial charge in [0.25, 0.3) is 11.6 Å². The minimum Gasteiger partial charge on any atom is -0.457 e. The van der Waals surface area contributed by atoms with Crippen LogP contribution in [0, 0.1) is 24.0 Å². The number of hydrogen-bond donors (Lipinski definition) is 0. The minimum absolute atomic E-state index is 0.000947. The smallest absolute Gasteiger partial charge is 0.270 e. The molecule has 0 radical (unpaired) electrons. The van der Waals surface area contributed by atoms with Crippen molar-refractivity contribution in [3.05, 3.63) is 86.5 Å². The van der Waals surface area contributed by atoms with Crippen LogP contribution < -0.4 is 0 Å². The molecule has 0 unspecified atom stereocenters. The molecule has 1 aliphatic heterocycles. The van der Waals surface area contributed by atoms with Gasteiger partial charge < -0.3 is 4.42 Å². The maximum Gasteiger partial charge on any atom is 0.270 e. The van der Waals surface area contributed by atoms with Gasteiger partial charge in [0, 0.05) is 30.3 Å². The average Bonchev–Trinajstić information content (AvgIpc) is 3.34. The summed E-state index contributed by atoms with van der Waals surface area (Å²) in [5.74, 6) is 0.872. The number of aliphatic imine (C=N–C) groups is 1. The van der Waals surface area contributed by atoms with Crippen LogP contribution in [-0.2, 0) is 4.79 Å². The van der Waals surface area contributed by atoms with Crippen molar-refractivity contribution < 1.29 is 14.1 Å². The molecule has 1 aromatic heterocycles. The number of benzene rings is 2. The van der Waals surface area contributed by atoms with Crippen molar-refractivity contribution in [1.82, 2.24) is 4.90 Å². The zero-order valence-electron chi connectivity index (χ0n) is 17.9. The van der Waals surface area contributed by atoms with Crippen LogP contribution in [0.25, 0.3) is 17.4 Å². The van der Waals surface area contributed by atoms with E-state index in [0.717, 1.165) is 16.8 Å². The topological polar surface area (TPSA) is 89.0 Å². The Morgan fingerprint density at radius 1 is 1.12 bits per heavy atom. The lowest BCUT2D eigenvalue weighted by Crippen LogP contribution is -2.28. The van der Waals surface area contributed by atoms with Crippen LogP contribution >= 0.6 is 11.8 Å². The molecule has 7 nitrogen and oxygen atoms in total. The van der Waals surface area contributed by atoms with Gasteiger partial charge in [0.1, 0.15) is 11.5 Å². The number of carbonyl (C=O) groups is 1. The Balaban J connectivity index is 1.63. The molecule has 32 heavy (non-hydrogen) atoms. The molecular formula is C24H21N3O4S. The summed E-state index contributed by atoms with van der Waals surface area (Å²) in [7, 11) is 0. The Hall–Kier alpha value is -3.65. The third-order valence-corrected chi connectivity index (χ3v) is 6.07. The zero-order chi connectivity index (χ0) is 22.8. The third kappa shape index (κ3) is 4.36. The molecule has 1 fully saturated rings. The first-order valence-electron chi connectivity index (χ1n) is 10.1. The normalized spacial score (nSPS) is 16.3. The Bertz CT molecular complexity index is 1260. The van der Waals surface area contributed by atoms with Crippen molar-refractivity contribution >= 4 is 40.3 Å². The van der Waals surface area contributed by atoms with Crippen LogP contribution in [0.5, 0.6) is 0 Å². The minimum atomic E-state index is -0.434. The lowest BCUT2D eigenvalue weighted by molar-refractivity contribution is -0.384. The van der Waals surface area contributed by atoms with E-state index in [2.05, 4.69) is 4.99 Å². The number of furan rings is 1. The summed E-state index contributed by atoms with van der Waals surface area (Å²) in [6, 6.07) is 16.0. The quantitative estimate of drug-likeness (QED) is 0.268. The van der Waals surface area contributed by atoms with Gasteiger partial charge in [0.05, 0.1) is 15.5 Å². The maximum absolute atomic E-state index is 12.9. The van der Waals surface area contributed by atoms with E-state index in [4.69, 9.17) is 4.42 Å². The molecule has 0 atom stereocenters. The van der Waals surface area contributed by atoms with Crippen molar-refractivity contribution in [2.75, 3.05) is 6.54 Å². The van der Waals surface area contributed by atoms with Crippen LogP contribution in [0.3, 0.4) is 0 Å². The van der Waals surface area contributed by atoms with Gasteiger partial charge in [-0.25, -0.2) is 4.99 Å². The third-order valence-electron chi connectivity index (χ3n) is 5.06. The number of thioether (sulfide) groups is 1. The number of nitrogens with zero attached hydrogens (tertiary/aromatic N) is 3. The predicted octanol–water partition coefficient (Wildman–Crippen LogP) is 6.10. The van der Waals surface area contributed by atoms with E-state index in [0.29, 0.717) is 33.7 Å². The largest absolute Gasteiger partial charge is 0.457 e. The van der Waals surface area contributed by atoms with Gasteiger partial charge in [-0.3, -0.25) is 19.8 Å². The lowest BCUT2D eigenvalue weighted by atomic mass is 10.1. The summed E-state index contributed by atoms with van der Waals surface area (Å²) in [5, 5.41) is 11.7. The van der Waals surface area contributed by atoms with Crippen molar-refractivity contribution in [2.45, 2.75) is 20.8 Å². The molecule has 3 aromatic rings. The van der Waals surface area contributed by atoms with Gasteiger partial charge in [-0.2, -0.15) is 0 Å². The maximum atomic E-state index is 12.9. The Labute approximate surface area is 189 Å². The molecule has 0 N–H and O–H groups in total. The van der Waals surface area contributed by atoms with Crippen LogP contribution in [0.2, 0.25) is 0 Å². The molecule has 2 aromatic carbocycles. The second-order valence-electron chi connectivity index (χ2n) is 7.35. The molecule has 0 aliphatic carbocycles. The number of rotatable bonds is 5. The van der Waals surface area contributed by atoms with Crippen LogP contribution in [-0.4, -0.2) is 27.4 Å². The van der Waals surface area contributed by atoms with E-state index >= 15 is 0 Å². The van der Waals surface area contributed by atoms with E-state index in [9.17, 15) is 14.9 Å². The van der Waals surface area contributed by atoms with Crippen molar-refractivity contribution in [1.29, 1.82) is 0 Å². The molecule has 8 heteroatoms. The van der Waals surface area contributed by atoms with Crippen LogP contribution in [0.1, 0.15) is 23.8 Å². The number of nitro groups is 1. The Morgan fingerprint density at radius 2 is 1.88 bits per heavy atom. The Kier molecular flexibility index (Phi) is 5.96. The van der Waals surface area contributed by atoms with Crippen molar-refractivity contribution in [3.63, 3.8) is 0 Å². The number of non-ortho nitro benzene ring substituents is 1. The highest BCUT2D eigenvalue weighted by Gasteiger charge is 2.32. The highest BCUT2D eigenvalue weighted by molar-refractivity contribution is 8.18. The second-order valence-corrected chi connectivity index (χ2v) is 8.36. The number of carbonyl (C=O) groups excluding carboxylic acids is 1. The summed E-state index contributed by atoms with van der Waals surface area (Å²) in [6.45, 7) is 6.28. The molecule has 2 heterocycles. The SMILES string of the molecule is CCN1C(=O)/C(=C\c2ccc(-c3cc([N+](=O)[O-])ccc3C)o2)SC1=Nc1ccc(C)cc1. The Morgan fingerprint density at radius 3 is 2.56 bits per heavy atom. The van der Waals surface area contributed by atoms with E-state index < -0.39 is 4.92 Å².